The first-order valence-electron chi connectivity index (χ1n) is 4.56. The van der Waals surface area contributed by atoms with E-state index in [1.165, 1.54) is 0 Å². The summed E-state index contributed by atoms with van der Waals surface area (Å²) in [6, 6.07) is 12.6. The Hall–Kier alpha value is -1.39. The molecule has 0 spiro atoms. The standard InChI is InChI=1S/C11H11NO2S/c12-8-15(13,14)11-7-3-5-9-4-1-2-6-10(9)11/h1-7H,8,12H2. The van der Waals surface area contributed by atoms with Crippen molar-refractivity contribution in [3.8, 4) is 0 Å². The van der Waals surface area contributed by atoms with Crippen LogP contribution in [-0.2, 0) is 9.84 Å². The molecule has 0 aliphatic rings. The lowest BCUT2D eigenvalue weighted by Crippen LogP contribution is -2.14. The number of nitrogens with two attached hydrogens (primary N) is 1. The highest BCUT2D eigenvalue weighted by Crippen LogP contribution is 2.22. The van der Waals surface area contributed by atoms with E-state index in [4.69, 9.17) is 5.73 Å². The van der Waals surface area contributed by atoms with Gasteiger partial charge in [-0.3, -0.25) is 0 Å². The number of rotatable bonds is 2. The van der Waals surface area contributed by atoms with Gasteiger partial charge in [0.2, 0.25) is 0 Å². The first-order chi connectivity index (χ1) is 7.15. The van der Waals surface area contributed by atoms with E-state index < -0.39 is 9.84 Å². The van der Waals surface area contributed by atoms with Gasteiger partial charge in [0.15, 0.2) is 9.84 Å². The van der Waals surface area contributed by atoms with Crippen LogP contribution in [0.4, 0.5) is 0 Å². The van der Waals surface area contributed by atoms with Crippen LogP contribution < -0.4 is 5.73 Å². The van der Waals surface area contributed by atoms with Crippen LogP contribution >= 0.6 is 0 Å². The molecular formula is C11H11NO2S. The Kier molecular flexibility index (Phi) is 2.46. The zero-order valence-electron chi connectivity index (χ0n) is 8.05. The lowest BCUT2D eigenvalue weighted by molar-refractivity contribution is 0.597. The summed E-state index contributed by atoms with van der Waals surface area (Å²) in [4.78, 5) is 0.308. The minimum Gasteiger partial charge on any atom is -0.317 e. The van der Waals surface area contributed by atoms with Crippen LogP contribution in [0.2, 0.25) is 0 Å². The van der Waals surface area contributed by atoms with Gasteiger partial charge in [0.1, 0.15) is 5.88 Å². The fourth-order valence-corrected chi connectivity index (χ4v) is 2.54. The molecule has 0 saturated carbocycles. The molecule has 78 valence electrons. The van der Waals surface area contributed by atoms with Crippen molar-refractivity contribution in [1.82, 2.24) is 0 Å². The molecule has 0 heterocycles. The molecular weight excluding hydrogens is 210 g/mol. The largest absolute Gasteiger partial charge is 0.317 e. The number of benzene rings is 2. The zero-order valence-corrected chi connectivity index (χ0v) is 8.87. The van der Waals surface area contributed by atoms with Crippen LogP contribution in [-0.4, -0.2) is 14.3 Å². The van der Waals surface area contributed by atoms with E-state index >= 15 is 0 Å². The minimum atomic E-state index is -3.35. The summed E-state index contributed by atoms with van der Waals surface area (Å²) < 4.78 is 23.4. The Balaban J connectivity index is 2.83. The van der Waals surface area contributed by atoms with E-state index in [0.29, 0.717) is 4.90 Å². The van der Waals surface area contributed by atoms with Gasteiger partial charge in [-0.15, -0.1) is 0 Å². The molecule has 0 saturated heterocycles. The quantitative estimate of drug-likeness (QED) is 0.836. The summed E-state index contributed by atoms with van der Waals surface area (Å²) in [6.07, 6.45) is 0. The molecule has 2 aromatic carbocycles. The molecule has 4 heteroatoms. The highest BCUT2D eigenvalue weighted by molar-refractivity contribution is 7.91. The van der Waals surface area contributed by atoms with Gasteiger partial charge in [0.05, 0.1) is 4.90 Å². The van der Waals surface area contributed by atoms with Crippen LogP contribution in [0, 0.1) is 0 Å². The van der Waals surface area contributed by atoms with Gasteiger partial charge in [-0.2, -0.15) is 0 Å². The lowest BCUT2D eigenvalue weighted by Gasteiger charge is -2.05. The van der Waals surface area contributed by atoms with Crippen molar-refractivity contribution in [1.29, 1.82) is 0 Å². The van der Waals surface area contributed by atoms with Crippen LogP contribution in [0.25, 0.3) is 10.8 Å². The molecule has 15 heavy (non-hydrogen) atoms. The van der Waals surface area contributed by atoms with E-state index in [1.807, 2.05) is 24.3 Å². The van der Waals surface area contributed by atoms with Crippen molar-refractivity contribution >= 4 is 20.6 Å². The molecule has 2 N–H and O–H groups in total. The first-order valence-corrected chi connectivity index (χ1v) is 6.21. The van der Waals surface area contributed by atoms with Crippen LogP contribution in [0.5, 0.6) is 0 Å². The average Bonchev–Trinajstić information content (AvgIpc) is 2.28. The number of hydrogen-bond acceptors (Lipinski definition) is 3. The van der Waals surface area contributed by atoms with E-state index in [9.17, 15) is 8.42 Å². The Labute approximate surface area is 88.4 Å². The van der Waals surface area contributed by atoms with E-state index in [2.05, 4.69) is 0 Å². The van der Waals surface area contributed by atoms with E-state index in [1.54, 1.807) is 18.2 Å². The smallest absolute Gasteiger partial charge is 0.191 e. The maximum atomic E-state index is 11.7. The van der Waals surface area contributed by atoms with E-state index in [-0.39, 0.29) is 5.88 Å². The second-order valence-corrected chi connectivity index (χ2v) is 5.26. The van der Waals surface area contributed by atoms with Gasteiger partial charge in [-0.1, -0.05) is 36.4 Å². The molecule has 0 aliphatic heterocycles. The SMILES string of the molecule is NCS(=O)(=O)c1cccc2ccccc12. The molecule has 0 radical (unpaired) electrons. The predicted octanol–water partition coefficient (Wildman–Crippen LogP) is 1.53. The fourth-order valence-electron chi connectivity index (χ4n) is 1.56. The van der Waals surface area contributed by atoms with Gasteiger partial charge in [-0.25, -0.2) is 8.42 Å². The Morgan fingerprint density at radius 1 is 1.00 bits per heavy atom. The molecule has 2 rings (SSSR count). The van der Waals surface area contributed by atoms with Crippen LogP contribution in [0.3, 0.4) is 0 Å². The van der Waals surface area contributed by atoms with Gasteiger partial charge < -0.3 is 5.73 Å². The maximum Gasteiger partial charge on any atom is 0.191 e. The number of sulfone groups is 1. The highest BCUT2D eigenvalue weighted by atomic mass is 32.2. The average molecular weight is 221 g/mol. The molecule has 0 bridgehead atoms. The Bertz CT molecular complexity index is 585. The molecule has 0 aromatic heterocycles. The summed E-state index contributed by atoms with van der Waals surface area (Å²) >= 11 is 0. The third kappa shape index (κ3) is 1.73. The van der Waals surface area contributed by atoms with Crippen molar-refractivity contribution < 1.29 is 8.42 Å². The summed E-state index contributed by atoms with van der Waals surface area (Å²) in [6.45, 7) is 0. The third-order valence-electron chi connectivity index (χ3n) is 2.30. The lowest BCUT2D eigenvalue weighted by atomic mass is 10.1. The molecule has 0 amide bonds. The summed E-state index contributed by atoms with van der Waals surface area (Å²) in [5.41, 5.74) is 5.24. The second-order valence-electron chi connectivity index (χ2n) is 3.26. The minimum absolute atomic E-state index is 0.308. The van der Waals surface area contributed by atoms with Crippen molar-refractivity contribution in [3.05, 3.63) is 42.5 Å². The molecule has 0 fully saturated rings. The summed E-state index contributed by atoms with van der Waals surface area (Å²) in [5.74, 6) is -0.360. The molecule has 0 atom stereocenters. The molecule has 2 aromatic rings. The van der Waals surface area contributed by atoms with Gasteiger partial charge >= 0.3 is 0 Å². The number of hydrogen-bond donors (Lipinski definition) is 1. The summed E-state index contributed by atoms with van der Waals surface area (Å²) in [5, 5.41) is 1.64. The molecule has 0 aliphatic carbocycles. The van der Waals surface area contributed by atoms with Crippen LogP contribution in [0.15, 0.2) is 47.4 Å². The van der Waals surface area contributed by atoms with Gasteiger partial charge in [0.25, 0.3) is 0 Å². The second kappa shape index (κ2) is 3.64. The molecule has 3 nitrogen and oxygen atoms in total. The van der Waals surface area contributed by atoms with E-state index in [0.717, 1.165) is 10.8 Å². The zero-order chi connectivity index (χ0) is 10.9. The maximum absolute atomic E-state index is 11.7. The van der Waals surface area contributed by atoms with Crippen molar-refractivity contribution in [2.45, 2.75) is 4.90 Å². The topological polar surface area (TPSA) is 60.2 Å². The summed E-state index contributed by atoms with van der Waals surface area (Å²) in [7, 11) is -3.35. The number of fused-ring (bicyclic) bond motifs is 1. The van der Waals surface area contributed by atoms with Crippen molar-refractivity contribution in [2.75, 3.05) is 5.88 Å². The van der Waals surface area contributed by atoms with Crippen molar-refractivity contribution in [3.63, 3.8) is 0 Å². The fraction of sp³-hybridized carbons (Fsp3) is 0.0909. The third-order valence-corrected chi connectivity index (χ3v) is 3.77. The normalized spacial score (nSPS) is 11.8. The van der Waals surface area contributed by atoms with Crippen LogP contribution in [0.1, 0.15) is 0 Å². The first kappa shape index (κ1) is 10.1. The van der Waals surface area contributed by atoms with Gasteiger partial charge in [0, 0.05) is 5.39 Å². The Morgan fingerprint density at radius 2 is 1.67 bits per heavy atom. The van der Waals surface area contributed by atoms with Crippen molar-refractivity contribution in [2.24, 2.45) is 5.73 Å². The highest BCUT2D eigenvalue weighted by Gasteiger charge is 2.14. The molecule has 0 unspecified atom stereocenters. The predicted molar refractivity (Wildman–Crippen MR) is 60.2 cm³/mol. The Morgan fingerprint density at radius 3 is 2.40 bits per heavy atom. The monoisotopic (exact) mass is 221 g/mol. The van der Waals surface area contributed by atoms with Gasteiger partial charge in [-0.05, 0) is 11.5 Å².